The molecule has 1 amide bonds. The summed E-state index contributed by atoms with van der Waals surface area (Å²) in [6.45, 7) is 5.60. The number of nitrogens with zero attached hydrogens (tertiary/aromatic N) is 2. The highest BCUT2D eigenvalue weighted by Crippen LogP contribution is 2.39. The van der Waals surface area contributed by atoms with Gasteiger partial charge in [0.05, 0.1) is 37.5 Å². The van der Waals surface area contributed by atoms with E-state index >= 15 is 0 Å². The lowest BCUT2D eigenvalue weighted by Crippen LogP contribution is -2.32. The predicted molar refractivity (Wildman–Crippen MR) is 126 cm³/mol. The first kappa shape index (κ1) is 26.2. The largest absolute Gasteiger partial charge is 0.495 e. The maximum absolute atomic E-state index is 12.9. The predicted octanol–water partition coefficient (Wildman–Crippen LogP) is 5.49. The first-order valence-electron chi connectivity index (χ1n) is 9.98. The van der Waals surface area contributed by atoms with Crippen molar-refractivity contribution in [3.8, 4) is 23.0 Å². The van der Waals surface area contributed by atoms with Gasteiger partial charge in [-0.1, -0.05) is 23.2 Å². The van der Waals surface area contributed by atoms with Crippen molar-refractivity contribution in [2.75, 3.05) is 32.8 Å². The summed E-state index contributed by atoms with van der Waals surface area (Å²) in [5.74, 6) is 0.133. The maximum Gasteiger partial charge on any atom is 0.258 e. The van der Waals surface area contributed by atoms with Gasteiger partial charge in [0.25, 0.3) is 5.91 Å². The number of ether oxygens (including phenoxy) is 4. The van der Waals surface area contributed by atoms with Gasteiger partial charge in [0.1, 0.15) is 34.4 Å². The number of ketones is 1. The van der Waals surface area contributed by atoms with Crippen molar-refractivity contribution in [3.63, 3.8) is 0 Å². The smallest absolute Gasteiger partial charge is 0.258 e. The summed E-state index contributed by atoms with van der Waals surface area (Å²) in [4.78, 5) is 25.1. The van der Waals surface area contributed by atoms with Gasteiger partial charge in [0.2, 0.25) is 6.04 Å². The molecule has 0 fully saturated rings. The van der Waals surface area contributed by atoms with Crippen LogP contribution in [0.1, 0.15) is 20.8 Å². The van der Waals surface area contributed by atoms with Gasteiger partial charge in [-0.3, -0.25) is 9.59 Å². The molecule has 0 spiro atoms. The molecular formula is C22H25Cl2N3O6. The number of benzene rings is 2. The monoisotopic (exact) mass is 497 g/mol. The van der Waals surface area contributed by atoms with Crippen LogP contribution in [0.2, 0.25) is 10.0 Å². The highest BCUT2D eigenvalue weighted by atomic mass is 35.5. The van der Waals surface area contributed by atoms with Crippen LogP contribution in [-0.4, -0.2) is 45.2 Å². The molecule has 33 heavy (non-hydrogen) atoms. The summed E-state index contributed by atoms with van der Waals surface area (Å²) in [6.07, 6.45) is 0. The fraction of sp³-hybridized carbons (Fsp3) is 0.364. The van der Waals surface area contributed by atoms with Gasteiger partial charge in [-0.25, -0.2) is 0 Å². The molecule has 2 rings (SSSR count). The summed E-state index contributed by atoms with van der Waals surface area (Å²) < 4.78 is 21.4. The molecule has 0 saturated heterocycles. The fourth-order valence-corrected chi connectivity index (χ4v) is 3.23. The van der Waals surface area contributed by atoms with Crippen LogP contribution in [0.3, 0.4) is 0 Å². The van der Waals surface area contributed by atoms with E-state index in [-0.39, 0.29) is 16.4 Å². The summed E-state index contributed by atoms with van der Waals surface area (Å²) in [7, 11) is 2.87. The normalized spacial score (nSPS) is 11.7. The molecule has 2 aromatic rings. The van der Waals surface area contributed by atoms with Crippen molar-refractivity contribution in [1.29, 1.82) is 0 Å². The van der Waals surface area contributed by atoms with Crippen LogP contribution >= 0.6 is 23.2 Å². The second-order valence-corrected chi connectivity index (χ2v) is 7.34. The summed E-state index contributed by atoms with van der Waals surface area (Å²) in [6, 6.07) is 4.66. The van der Waals surface area contributed by atoms with Crippen LogP contribution in [0.5, 0.6) is 23.0 Å². The molecule has 0 aliphatic carbocycles. The number of amides is 1. The van der Waals surface area contributed by atoms with E-state index in [1.54, 1.807) is 19.1 Å². The number of azo groups is 1. The van der Waals surface area contributed by atoms with Crippen LogP contribution in [0.25, 0.3) is 0 Å². The summed E-state index contributed by atoms with van der Waals surface area (Å²) in [5.41, 5.74) is 0.422. The van der Waals surface area contributed by atoms with E-state index in [2.05, 4.69) is 15.5 Å². The first-order chi connectivity index (χ1) is 15.7. The Morgan fingerprint density at radius 3 is 2.18 bits per heavy atom. The van der Waals surface area contributed by atoms with Crippen molar-refractivity contribution in [1.82, 2.24) is 0 Å². The zero-order chi connectivity index (χ0) is 24.5. The lowest BCUT2D eigenvalue weighted by Gasteiger charge is -2.16. The van der Waals surface area contributed by atoms with E-state index in [4.69, 9.17) is 42.1 Å². The number of halogens is 2. The van der Waals surface area contributed by atoms with Crippen LogP contribution < -0.4 is 24.3 Å². The number of rotatable bonds is 11. The Bertz CT molecular complexity index is 1050. The lowest BCUT2D eigenvalue weighted by atomic mass is 10.2. The number of carbonyl (C=O) groups excluding carboxylic acids is 2. The molecule has 178 valence electrons. The molecule has 0 bridgehead atoms. The van der Waals surface area contributed by atoms with Gasteiger partial charge >= 0.3 is 0 Å². The third kappa shape index (κ3) is 6.72. The molecule has 0 saturated carbocycles. The summed E-state index contributed by atoms with van der Waals surface area (Å²) in [5, 5.41) is 11.1. The van der Waals surface area contributed by atoms with Crippen LogP contribution in [-0.2, 0) is 9.59 Å². The van der Waals surface area contributed by atoms with Gasteiger partial charge in [0, 0.05) is 24.3 Å². The number of carbonyl (C=O) groups is 2. The molecule has 1 unspecified atom stereocenters. The zero-order valence-corrected chi connectivity index (χ0v) is 20.4. The molecule has 9 nitrogen and oxygen atoms in total. The Balaban J connectivity index is 2.37. The van der Waals surface area contributed by atoms with Crippen molar-refractivity contribution in [2.24, 2.45) is 10.2 Å². The van der Waals surface area contributed by atoms with Gasteiger partial charge < -0.3 is 24.3 Å². The fourth-order valence-electron chi connectivity index (χ4n) is 2.75. The molecule has 0 aromatic heterocycles. The molecular weight excluding hydrogens is 473 g/mol. The maximum atomic E-state index is 12.9. The standard InChI is InChI=1S/C22H25Cl2N3O6/c1-6-32-13-8-15(24)21(19(9-13)33-7-2)25-22(29)20(12(3)28)27-26-16-11-17(30-4)14(23)10-18(16)31-5/h8-11,20H,6-7H2,1-5H3,(H,25,29). The van der Waals surface area contributed by atoms with E-state index in [1.807, 2.05) is 6.92 Å². The zero-order valence-electron chi connectivity index (χ0n) is 18.9. The number of hydrogen-bond acceptors (Lipinski definition) is 8. The van der Waals surface area contributed by atoms with Crippen molar-refractivity contribution >= 4 is 46.3 Å². The summed E-state index contributed by atoms with van der Waals surface area (Å²) >= 11 is 12.4. The van der Waals surface area contributed by atoms with Gasteiger partial charge in [0.15, 0.2) is 5.78 Å². The molecule has 0 aliphatic heterocycles. The number of anilines is 1. The Morgan fingerprint density at radius 2 is 1.61 bits per heavy atom. The van der Waals surface area contributed by atoms with Crippen LogP contribution in [0.4, 0.5) is 11.4 Å². The molecule has 0 aliphatic rings. The van der Waals surface area contributed by atoms with E-state index in [1.165, 1.54) is 33.3 Å². The lowest BCUT2D eigenvalue weighted by molar-refractivity contribution is -0.126. The third-order valence-electron chi connectivity index (χ3n) is 4.25. The number of methoxy groups -OCH3 is 2. The van der Waals surface area contributed by atoms with E-state index in [9.17, 15) is 9.59 Å². The number of nitrogens with one attached hydrogen (secondary N) is 1. The van der Waals surface area contributed by atoms with E-state index in [0.717, 1.165) is 0 Å². The van der Waals surface area contributed by atoms with E-state index in [0.29, 0.717) is 41.2 Å². The second kappa shape index (κ2) is 12.3. The number of Topliss-reactive ketones (excluding diaryl/α,β-unsaturated/α-hetero) is 1. The second-order valence-electron chi connectivity index (χ2n) is 6.52. The van der Waals surface area contributed by atoms with Gasteiger partial charge in [-0.05, 0) is 20.8 Å². The average Bonchev–Trinajstić information content (AvgIpc) is 2.77. The highest BCUT2D eigenvalue weighted by molar-refractivity contribution is 6.34. The Hall–Kier alpha value is -3.04. The number of hydrogen-bond donors (Lipinski definition) is 1. The topological polar surface area (TPSA) is 108 Å². The molecule has 1 N–H and O–H groups in total. The van der Waals surface area contributed by atoms with Crippen LogP contribution in [0, 0.1) is 0 Å². The van der Waals surface area contributed by atoms with Crippen molar-refractivity contribution < 1.29 is 28.5 Å². The minimum atomic E-state index is -1.45. The van der Waals surface area contributed by atoms with Gasteiger partial charge in [-0.15, -0.1) is 0 Å². The minimum Gasteiger partial charge on any atom is -0.495 e. The molecule has 2 aromatic carbocycles. The average molecular weight is 498 g/mol. The van der Waals surface area contributed by atoms with Crippen LogP contribution in [0.15, 0.2) is 34.5 Å². The molecule has 11 heteroatoms. The Labute approximate surface area is 202 Å². The third-order valence-corrected chi connectivity index (χ3v) is 4.85. The van der Waals surface area contributed by atoms with Crippen molar-refractivity contribution in [3.05, 3.63) is 34.3 Å². The molecule has 0 radical (unpaired) electrons. The van der Waals surface area contributed by atoms with E-state index < -0.39 is 17.7 Å². The molecule has 1 atom stereocenters. The Kier molecular flexibility index (Phi) is 9.74. The first-order valence-corrected chi connectivity index (χ1v) is 10.7. The van der Waals surface area contributed by atoms with Crippen molar-refractivity contribution in [2.45, 2.75) is 26.8 Å². The highest BCUT2D eigenvalue weighted by Gasteiger charge is 2.26. The quantitative estimate of drug-likeness (QED) is 0.324. The van der Waals surface area contributed by atoms with Gasteiger partial charge in [-0.2, -0.15) is 10.2 Å². The molecule has 0 heterocycles. The Morgan fingerprint density at radius 1 is 0.939 bits per heavy atom. The SMILES string of the molecule is CCOc1cc(Cl)c(NC(=O)C(N=Nc2cc(OC)c(Cl)cc2OC)C(C)=O)c(OCC)c1. The minimum absolute atomic E-state index is 0.182.